The molecular formula is C20H23N3O3S. The predicted octanol–water partition coefficient (Wildman–Crippen LogP) is 3.74. The van der Waals surface area contributed by atoms with Gasteiger partial charge in [-0.3, -0.25) is 4.72 Å². The van der Waals surface area contributed by atoms with Gasteiger partial charge in [0.25, 0.3) is 10.0 Å². The first kappa shape index (κ1) is 17.9. The third-order valence-electron chi connectivity index (χ3n) is 4.80. The lowest BCUT2D eigenvalue weighted by Crippen LogP contribution is -2.26. The topological polar surface area (TPSA) is 74.6 Å². The Morgan fingerprint density at radius 3 is 2.59 bits per heavy atom. The molecule has 0 saturated carbocycles. The van der Waals surface area contributed by atoms with Gasteiger partial charge >= 0.3 is 0 Å². The van der Waals surface area contributed by atoms with E-state index in [0.29, 0.717) is 5.69 Å². The molecule has 3 aromatic rings. The van der Waals surface area contributed by atoms with E-state index in [1.54, 1.807) is 48.7 Å². The molecule has 0 atom stereocenters. The van der Waals surface area contributed by atoms with Crippen molar-refractivity contribution in [1.82, 2.24) is 4.90 Å². The summed E-state index contributed by atoms with van der Waals surface area (Å²) in [6.07, 6.45) is 4.14. The average molecular weight is 385 g/mol. The van der Waals surface area contributed by atoms with Crippen LogP contribution in [0.15, 0.2) is 64.1 Å². The summed E-state index contributed by atoms with van der Waals surface area (Å²) >= 11 is 0. The van der Waals surface area contributed by atoms with Crippen molar-refractivity contribution < 1.29 is 12.8 Å². The lowest BCUT2D eigenvalue weighted by molar-refractivity contribution is 0.352. The molecule has 1 aliphatic heterocycles. The highest BCUT2D eigenvalue weighted by atomic mass is 32.2. The zero-order chi connectivity index (χ0) is 18.7. The van der Waals surface area contributed by atoms with Crippen LogP contribution in [-0.2, 0) is 10.0 Å². The first-order valence-corrected chi connectivity index (χ1v) is 10.7. The van der Waals surface area contributed by atoms with E-state index in [1.807, 2.05) is 6.07 Å². The standard InChI is InChI=1S/C20H23N3O3S/c24-27(25,18-6-2-1-3-7-18)22-17-14-16-8-13-26-20(16)19(15-17)21-9-12-23-10-4-5-11-23/h1-3,6-8,13-15,21-22H,4-5,9-12H2. The summed E-state index contributed by atoms with van der Waals surface area (Å²) < 4.78 is 33.5. The number of furan rings is 1. The molecule has 1 aliphatic rings. The molecule has 2 N–H and O–H groups in total. The second-order valence-corrected chi connectivity index (χ2v) is 8.44. The van der Waals surface area contributed by atoms with Gasteiger partial charge in [-0.05, 0) is 56.3 Å². The maximum absolute atomic E-state index is 12.6. The number of nitrogens with one attached hydrogen (secondary N) is 2. The fourth-order valence-corrected chi connectivity index (χ4v) is 4.50. The number of hydrogen-bond acceptors (Lipinski definition) is 5. The number of likely N-dealkylation sites (tertiary alicyclic amines) is 1. The summed E-state index contributed by atoms with van der Waals surface area (Å²) in [5, 5.41) is 4.25. The Balaban J connectivity index is 1.54. The number of benzene rings is 2. The minimum atomic E-state index is -3.63. The van der Waals surface area contributed by atoms with Crippen LogP contribution >= 0.6 is 0 Å². The van der Waals surface area contributed by atoms with E-state index in [9.17, 15) is 8.42 Å². The first-order chi connectivity index (χ1) is 13.1. The van der Waals surface area contributed by atoms with Crippen molar-refractivity contribution in [3.63, 3.8) is 0 Å². The Morgan fingerprint density at radius 2 is 1.81 bits per heavy atom. The van der Waals surface area contributed by atoms with E-state index in [-0.39, 0.29) is 4.90 Å². The van der Waals surface area contributed by atoms with E-state index in [4.69, 9.17) is 4.42 Å². The molecule has 0 aliphatic carbocycles. The van der Waals surface area contributed by atoms with Crippen LogP contribution in [-0.4, -0.2) is 39.5 Å². The molecule has 1 saturated heterocycles. The normalized spacial score (nSPS) is 15.3. The number of nitrogens with zero attached hydrogens (tertiary/aromatic N) is 1. The third kappa shape index (κ3) is 4.09. The summed E-state index contributed by atoms with van der Waals surface area (Å²) in [5.41, 5.74) is 2.04. The fourth-order valence-electron chi connectivity index (χ4n) is 3.44. The monoisotopic (exact) mass is 385 g/mol. The zero-order valence-corrected chi connectivity index (χ0v) is 15.8. The van der Waals surface area contributed by atoms with E-state index in [0.717, 1.165) is 42.8 Å². The molecule has 7 heteroatoms. The molecule has 6 nitrogen and oxygen atoms in total. The van der Waals surface area contributed by atoms with E-state index >= 15 is 0 Å². The van der Waals surface area contributed by atoms with Crippen molar-refractivity contribution in [1.29, 1.82) is 0 Å². The largest absolute Gasteiger partial charge is 0.462 e. The maximum atomic E-state index is 12.6. The van der Waals surface area contributed by atoms with Crippen LogP contribution in [0.1, 0.15) is 12.8 Å². The van der Waals surface area contributed by atoms with Crippen LogP contribution in [0.3, 0.4) is 0 Å². The second-order valence-electron chi connectivity index (χ2n) is 6.76. The minimum absolute atomic E-state index is 0.237. The van der Waals surface area contributed by atoms with Crippen molar-refractivity contribution in [2.75, 3.05) is 36.2 Å². The highest BCUT2D eigenvalue weighted by Crippen LogP contribution is 2.30. The van der Waals surface area contributed by atoms with Crippen LogP contribution < -0.4 is 10.0 Å². The number of rotatable bonds is 7. The third-order valence-corrected chi connectivity index (χ3v) is 6.20. The van der Waals surface area contributed by atoms with Gasteiger partial charge in [-0.2, -0.15) is 0 Å². The molecule has 0 radical (unpaired) electrons. The van der Waals surface area contributed by atoms with Crippen molar-refractivity contribution in [2.45, 2.75) is 17.7 Å². The minimum Gasteiger partial charge on any atom is -0.462 e. The van der Waals surface area contributed by atoms with E-state index in [1.165, 1.54) is 12.8 Å². The SMILES string of the molecule is O=S(=O)(Nc1cc(NCCN2CCCC2)c2occc2c1)c1ccccc1. The highest BCUT2D eigenvalue weighted by molar-refractivity contribution is 7.92. The van der Waals surface area contributed by atoms with Crippen LogP contribution in [0.25, 0.3) is 11.0 Å². The first-order valence-electron chi connectivity index (χ1n) is 9.17. The highest BCUT2D eigenvalue weighted by Gasteiger charge is 2.16. The number of hydrogen-bond donors (Lipinski definition) is 2. The zero-order valence-electron chi connectivity index (χ0n) is 15.0. The summed E-state index contributed by atoms with van der Waals surface area (Å²) in [5.74, 6) is 0. The molecular weight excluding hydrogens is 362 g/mol. The van der Waals surface area contributed by atoms with Gasteiger partial charge in [0.2, 0.25) is 0 Å². The van der Waals surface area contributed by atoms with Crippen LogP contribution in [0.2, 0.25) is 0 Å². The summed E-state index contributed by atoms with van der Waals surface area (Å²) in [4.78, 5) is 2.66. The molecule has 0 amide bonds. The quantitative estimate of drug-likeness (QED) is 0.648. The lowest BCUT2D eigenvalue weighted by Gasteiger charge is -2.16. The summed E-state index contributed by atoms with van der Waals surface area (Å²) in [6, 6.07) is 13.8. The maximum Gasteiger partial charge on any atom is 0.261 e. The van der Waals surface area contributed by atoms with E-state index in [2.05, 4.69) is 14.9 Å². The van der Waals surface area contributed by atoms with E-state index < -0.39 is 10.0 Å². The van der Waals surface area contributed by atoms with Crippen molar-refractivity contribution in [2.24, 2.45) is 0 Å². The summed E-state index contributed by atoms with van der Waals surface area (Å²) in [7, 11) is -3.63. The van der Waals surface area contributed by atoms with Gasteiger partial charge in [-0.25, -0.2) is 8.42 Å². The van der Waals surface area contributed by atoms with Crippen molar-refractivity contribution >= 4 is 32.4 Å². The molecule has 0 spiro atoms. The van der Waals surface area contributed by atoms with Crippen LogP contribution in [0.4, 0.5) is 11.4 Å². The van der Waals surface area contributed by atoms with Crippen LogP contribution in [0, 0.1) is 0 Å². The molecule has 142 valence electrons. The lowest BCUT2D eigenvalue weighted by atomic mass is 10.2. The molecule has 2 heterocycles. The van der Waals surface area contributed by atoms with Crippen molar-refractivity contribution in [3.8, 4) is 0 Å². The van der Waals surface area contributed by atoms with Gasteiger partial charge in [0.05, 0.1) is 22.5 Å². The number of fused-ring (bicyclic) bond motifs is 1. The fraction of sp³-hybridized carbons (Fsp3) is 0.300. The van der Waals surface area contributed by atoms with Gasteiger partial charge in [-0.1, -0.05) is 18.2 Å². The number of sulfonamides is 1. The number of anilines is 2. The summed E-state index contributed by atoms with van der Waals surface area (Å²) in [6.45, 7) is 4.04. The molecule has 4 rings (SSSR count). The van der Waals surface area contributed by atoms with Gasteiger partial charge < -0.3 is 14.6 Å². The average Bonchev–Trinajstić information content (AvgIpc) is 3.34. The Labute approximate surface area is 159 Å². The smallest absolute Gasteiger partial charge is 0.261 e. The Bertz CT molecular complexity index is 1010. The Kier molecular flexibility index (Phi) is 5.05. The second kappa shape index (κ2) is 7.62. The molecule has 2 aromatic carbocycles. The molecule has 0 bridgehead atoms. The van der Waals surface area contributed by atoms with Gasteiger partial charge in [0.15, 0.2) is 5.58 Å². The predicted molar refractivity (Wildman–Crippen MR) is 108 cm³/mol. The Morgan fingerprint density at radius 1 is 1.04 bits per heavy atom. The molecule has 1 aromatic heterocycles. The van der Waals surface area contributed by atoms with Gasteiger partial charge in [0, 0.05) is 18.5 Å². The Hall–Kier alpha value is -2.51. The molecule has 27 heavy (non-hydrogen) atoms. The van der Waals surface area contributed by atoms with Crippen LogP contribution in [0.5, 0.6) is 0 Å². The van der Waals surface area contributed by atoms with Crippen molar-refractivity contribution in [3.05, 3.63) is 54.8 Å². The molecule has 1 fully saturated rings. The molecule has 0 unspecified atom stereocenters. The van der Waals surface area contributed by atoms with Gasteiger partial charge in [0.1, 0.15) is 0 Å². The van der Waals surface area contributed by atoms with Gasteiger partial charge in [-0.15, -0.1) is 0 Å².